The molecule has 0 spiro atoms. The molecule has 116 valence electrons. The molecule has 2 heterocycles. The van der Waals surface area contributed by atoms with Gasteiger partial charge in [0.2, 0.25) is 0 Å². The molecule has 22 heavy (non-hydrogen) atoms. The minimum absolute atomic E-state index is 0.798. The molecule has 1 aliphatic rings. The van der Waals surface area contributed by atoms with Crippen LogP contribution in [0.2, 0.25) is 5.02 Å². The maximum absolute atomic E-state index is 5.93. The van der Waals surface area contributed by atoms with Crippen LogP contribution < -0.4 is 0 Å². The molecule has 3 nitrogen and oxygen atoms in total. The fraction of sp³-hybridized carbons (Fsp3) is 0.353. The Labute approximate surface area is 140 Å². The monoisotopic (exact) mass is 333 g/mol. The molecule has 0 radical (unpaired) electrons. The summed E-state index contributed by atoms with van der Waals surface area (Å²) in [7, 11) is 0. The second-order valence-corrected chi connectivity index (χ2v) is 6.95. The van der Waals surface area contributed by atoms with E-state index in [2.05, 4.69) is 45.5 Å². The molecule has 0 unspecified atom stereocenters. The number of benzene rings is 1. The third-order valence-electron chi connectivity index (χ3n) is 3.91. The van der Waals surface area contributed by atoms with E-state index in [0.29, 0.717) is 0 Å². The summed E-state index contributed by atoms with van der Waals surface area (Å²) in [6, 6.07) is 10.3. The fourth-order valence-corrected chi connectivity index (χ4v) is 3.42. The van der Waals surface area contributed by atoms with Crippen LogP contribution in [0.5, 0.6) is 0 Å². The van der Waals surface area contributed by atoms with Crippen LogP contribution in [0.1, 0.15) is 16.0 Å². The number of hydrogen-bond acceptors (Lipinski definition) is 4. The Kier molecular flexibility index (Phi) is 5.13. The molecule has 1 saturated heterocycles. The Morgan fingerprint density at radius 3 is 2.50 bits per heavy atom. The summed E-state index contributed by atoms with van der Waals surface area (Å²) >= 11 is 7.67. The number of thiophene rings is 1. The highest BCUT2D eigenvalue weighted by Gasteiger charge is 2.15. The highest BCUT2D eigenvalue weighted by atomic mass is 35.5. The summed E-state index contributed by atoms with van der Waals surface area (Å²) in [5, 5.41) is 9.69. The third-order valence-corrected chi connectivity index (χ3v) is 5.11. The lowest BCUT2D eigenvalue weighted by Crippen LogP contribution is -2.43. The summed E-state index contributed by atoms with van der Waals surface area (Å²) in [5.41, 5.74) is 2.62. The van der Waals surface area contributed by atoms with Gasteiger partial charge in [0.1, 0.15) is 0 Å². The van der Waals surface area contributed by atoms with Crippen LogP contribution in [0.4, 0.5) is 0 Å². The summed E-state index contributed by atoms with van der Waals surface area (Å²) in [5.74, 6) is 0. The second-order valence-electron chi connectivity index (χ2n) is 5.57. The van der Waals surface area contributed by atoms with Crippen molar-refractivity contribution < 1.29 is 0 Å². The number of aryl methyl sites for hydroxylation is 1. The van der Waals surface area contributed by atoms with Crippen molar-refractivity contribution in [2.45, 2.75) is 13.5 Å². The average molecular weight is 334 g/mol. The van der Waals surface area contributed by atoms with Crippen LogP contribution in [0.15, 0.2) is 40.8 Å². The van der Waals surface area contributed by atoms with Gasteiger partial charge in [-0.05, 0) is 41.6 Å². The van der Waals surface area contributed by atoms with Crippen LogP contribution in [0, 0.1) is 6.92 Å². The number of piperazine rings is 1. The van der Waals surface area contributed by atoms with Crippen LogP contribution in [-0.4, -0.2) is 42.3 Å². The van der Waals surface area contributed by atoms with Gasteiger partial charge in [0.25, 0.3) is 0 Å². The number of rotatable bonds is 4. The van der Waals surface area contributed by atoms with Crippen LogP contribution in [0.3, 0.4) is 0 Å². The molecule has 1 aromatic carbocycles. The SMILES string of the molecule is Cc1ccsc1/C=N\N1CCN(Cc2ccc(Cl)cc2)CC1. The summed E-state index contributed by atoms with van der Waals surface area (Å²) in [4.78, 5) is 3.72. The summed E-state index contributed by atoms with van der Waals surface area (Å²) in [6.07, 6.45) is 1.99. The molecular formula is C17H20ClN3S. The van der Waals surface area contributed by atoms with Crippen molar-refractivity contribution in [2.75, 3.05) is 26.2 Å². The van der Waals surface area contributed by atoms with E-state index < -0.39 is 0 Å². The highest BCUT2D eigenvalue weighted by molar-refractivity contribution is 7.11. The topological polar surface area (TPSA) is 18.8 Å². The molecule has 1 aliphatic heterocycles. The number of hydrazone groups is 1. The normalized spacial score (nSPS) is 16.5. The molecule has 0 saturated carbocycles. The summed E-state index contributed by atoms with van der Waals surface area (Å²) in [6.45, 7) is 7.16. The van der Waals surface area contributed by atoms with Gasteiger partial charge in [0.15, 0.2) is 0 Å². The van der Waals surface area contributed by atoms with E-state index in [1.165, 1.54) is 16.0 Å². The van der Waals surface area contributed by atoms with Gasteiger partial charge in [-0.1, -0.05) is 23.7 Å². The minimum atomic E-state index is 0.798. The lowest BCUT2D eigenvalue weighted by atomic mass is 10.2. The largest absolute Gasteiger partial charge is 0.295 e. The van der Waals surface area contributed by atoms with Gasteiger partial charge in [0, 0.05) is 42.6 Å². The molecule has 2 aromatic rings. The van der Waals surface area contributed by atoms with Crippen molar-refractivity contribution in [2.24, 2.45) is 5.10 Å². The molecule has 0 N–H and O–H groups in total. The molecule has 5 heteroatoms. The van der Waals surface area contributed by atoms with E-state index in [1.807, 2.05) is 18.3 Å². The van der Waals surface area contributed by atoms with Gasteiger partial charge in [-0.15, -0.1) is 11.3 Å². The van der Waals surface area contributed by atoms with Gasteiger partial charge in [0.05, 0.1) is 6.21 Å². The van der Waals surface area contributed by atoms with Crippen molar-refractivity contribution in [1.29, 1.82) is 0 Å². The first-order valence-electron chi connectivity index (χ1n) is 7.50. The Bertz CT molecular complexity index is 628. The molecule has 1 fully saturated rings. The molecule has 1 aromatic heterocycles. The second kappa shape index (κ2) is 7.27. The van der Waals surface area contributed by atoms with E-state index in [9.17, 15) is 0 Å². The maximum atomic E-state index is 5.93. The highest BCUT2D eigenvalue weighted by Crippen LogP contribution is 2.15. The molecule has 0 amide bonds. The molecule has 0 atom stereocenters. The van der Waals surface area contributed by atoms with Crippen LogP contribution in [-0.2, 0) is 6.54 Å². The number of nitrogens with zero attached hydrogens (tertiary/aromatic N) is 3. The average Bonchev–Trinajstić information content (AvgIpc) is 2.94. The first kappa shape index (κ1) is 15.5. The van der Waals surface area contributed by atoms with Gasteiger partial charge in [-0.2, -0.15) is 5.10 Å². The van der Waals surface area contributed by atoms with Gasteiger partial charge in [-0.25, -0.2) is 0 Å². The zero-order valence-corrected chi connectivity index (χ0v) is 14.3. The van der Waals surface area contributed by atoms with Crippen molar-refractivity contribution in [3.8, 4) is 0 Å². The zero-order valence-electron chi connectivity index (χ0n) is 12.7. The zero-order chi connectivity index (χ0) is 15.4. The Hall–Kier alpha value is -1.36. The fourth-order valence-electron chi connectivity index (χ4n) is 2.51. The first-order chi connectivity index (χ1) is 10.7. The molecule has 0 aliphatic carbocycles. The lowest BCUT2D eigenvalue weighted by Gasteiger charge is -2.33. The van der Waals surface area contributed by atoms with Crippen molar-refractivity contribution in [1.82, 2.24) is 9.91 Å². The number of hydrogen-bond donors (Lipinski definition) is 0. The predicted octanol–water partition coefficient (Wildman–Crippen LogP) is 3.86. The van der Waals surface area contributed by atoms with E-state index in [0.717, 1.165) is 37.7 Å². The van der Waals surface area contributed by atoms with E-state index in [1.54, 1.807) is 11.3 Å². The predicted molar refractivity (Wildman–Crippen MR) is 95.0 cm³/mol. The molecule has 3 rings (SSSR count). The smallest absolute Gasteiger partial charge is 0.0645 e. The van der Waals surface area contributed by atoms with Gasteiger partial charge in [-0.3, -0.25) is 9.91 Å². The summed E-state index contributed by atoms with van der Waals surface area (Å²) < 4.78 is 0. The maximum Gasteiger partial charge on any atom is 0.0645 e. The van der Waals surface area contributed by atoms with Gasteiger partial charge >= 0.3 is 0 Å². The molecule has 0 bridgehead atoms. The Morgan fingerprint density at radius 2 is 1.86 bits per heavy atom. The Balaban J connectivity index is 1.49. The third kappa shape index (κ3) is 4.09. The first-order valence-corrected chi connectivity index (χ1v) is 8.76. The molecular weight excluding hydrogens is 314 g/mol. The standard InChI is InChI=1S/C17H20ClN3S/c1-14-6-11-22-17(14)12-19-21-9-7-20(8-10-21)13-15-2-4-16(18)5-3-15/h2-6,11-12H,7-10,13H2,1H3/b19-12-. The van der Waals surface area contributed by atoms with Crippen molar-refractivity contribution >= 4 is 29.2 Å². The Morgan fingerprint density at radius 1 is 1.14 bits per heavy atom. The van der Waals surface area contributed by atoms with Crippen molar-refractivity contribution in [3.05, 3.63) is 56.7 Å². The quantitative estimate of drug-likeness (QED) is 0.791. The van der Waals surface area contributed by atoms with E-state index in [-0.39, 0.29) is 0 Å². The minimum Gasteiger partial charge on any atom is -0.295 e. The van der Waals surface area contributed by atoms with Gasteiger partial charge < -0.3 is 0 Å². The van der Waals surface area contributed by atoms with Crippen molar-refractivity contribution in [3.63, 3.8) is 0 Å². The number of halogens is 1. The van der Waals surface area contributed by atoms with E-state index in [4.69, 9.17) is 11.6 Å². The van der Waals surface area contributed by atoms with Crippen LogP contribution >= 0.6 is 22.9 Å². The van der Waals surface area contributed by atoms with Crippen LogP contribution in [0.25, 0.3) is 0 Å². The lowest BCUT2D eigenvalue weighted by molar-refractivity contribution is 0.131. The van der Waals surface area contributed by atoms with E-state index >= 15 is 0 Å².